The zero-order valence-corrected chi connectivity index (χ0v) is 11.5. The topological polar surface area (TPSA) is 55.2 Å². The average Bonchev–Trinajstić information content (AvgIpc) is 2.77. The Hall–Kier alpha value is -1.46. The molecule has 0 aliphatic heterocycles. The molecule has 1 aromatic carbocycles. The Kier molecular flexibility index (Phi) is 3.63. The molecule has 0 aliphatic carbocycles. The van der Waals surface area contributed by atoms with E-state index in [4.69, 9.17) is 9.84 Å². The van der Waals surface area contributed by atoms with Crippen molar-refractivity contribution in [2.24, 2.45) is 0 Å². The zero-order valence-electron chi connectivity index (χ0n) is 10.7. The maximum atomic E-state index is 9.06. The summed E-state index contributed by atoms with van der Waals surface area (Å²) >= 11 is 1.24. The number of ether oxygens (including phenoxy) is 1. The molecule has 2 rings (SSSR count). The van der Waals surface area contributed by atoms with Crippen molar-refractivity contribution in [1.29, 1.82) is 0 Å². The summed E-state index contributed by atoms with van der Waals surface area (Å²) in [5.74, 6) is 1.44. The van der Waals surface area contributed by atoms with Crippen LogP contribution in [-0.4, -0.2) is 14.5 Å². The molecule has 0 saturated carbocycles. The second kappa shape index (κ2) is 5.04. The molecule has 0 amide bonds. The lowest BCUT2D eigenvalue weighted by Gasteiger charge is -2.12. The Morgan fingerprint density at radius 2 is 2.11 bits per heavy atom. The quantitative estimate of drug-likeness (QED) is 0.925. The third kappa shape index (κ3) is 3.05. The van der Waals surface area contributed by atoms with Crippen LogP contribution >= 0.6 is 11.5 Å². The second-order valence-corrected chi connectivity index (χ2v) is 5.76. The van der Waals surface area contributed by atoms with Gasteiger partial charge in [0.25, 0.3) is 5.19 Å². The fraction of sp³-hybridized carbons (Fsp3) is 0.385. The van der Waals surface area contributed by atoms with Crippen LogP contribution in [0.25, 0.3) is 0 Å². The molecule has 1 aromatic heterocycles. The van der Waals surface area contributed by atoms with Crippen molar-refractivity contribution < 1.29 is 9.84 Å². The molecule has 96 valence electrons. The Bertz CT molecular complexity index is 532. The van der Waals surface area contributed by atoms with Crippen molar-refractivity contribution in [3.05, 3.63) is 35.7 Å². The first kappa shape index (κ1) is 13.0. The lowest BCUT2D eigenvalue weighted by atomic mass is 9.96. The molecule has 1 heterocycles. The predicted molar refractivity (Wildman–Crippen MR) is 71.0 cm³/mol. The van der Waals surface area contributed by atoms with Gasteiger partial charge in [0, 0.05) is 16.9 Å². The number of aliphatic hydroxyl groups is 1. The summed E-state index contributed by atoms with van der Waals surface area (Å²) in [7, 11) is 0. The van der Waals surface area contributed by atoms with Crippen molar-refractivity contribution in [2.75, 3.05) is 0 Å². The highest BCUT2D eigenvalue weighted by molar-refractivity contribution is 7.07. The first-order valence-corrected chi connectivity index (χ1v) is 6.48. The van der Waals surface area contributed by atoms with E-state index in [2.05, 4.69) is 30.1 Å². The van der Waals surface area contributed by atoms with Crippen molar-refractivity contribution in [1.82, 2.24) is 9.36 Å². The number of benzene rings is 1. The Labute approximate surface area is 110 Å². The Morgan fingerprint density at radius 1 is 1.33 bits per heavy atom. The molecule has 0 radical (unpaired) electrons. The van der Waals surface area contributed by atoms with Gasteiger partial charge < -0.3 is 9.84 Å². The van der Waals surface area contributed by atoms with E-state index in [-0.39, 0.29) is 12.0 Å². The van der Waals surface area contributed by atoms with E-state index in [1.165, 1.54) is 11.5 Å². The van der Waals surface area contributed by atoms with Crippen molar-refractivity contribution in [3.63, 3.8) is 0 Å². The number of aromatic nitrogens is 2. The summed E-state index contributed by atoms with van der Waals surface area (Å²) in [4.78, 5) is 4.35. The summed E-state index contributed by atoms with van der Waals surface area (Å²) in [6.07, 6.45) is 0. The molecule has 0 saturated heterocycles. The predicted octanol–water partition coefficient (Wildman–Crippen LogP) is 3.12. The van der Waals surface area contributed by atoms with Crippen LogP contribution in [0.5, 0.6) is 10.9 Å². The summed E-state index contributed by atoms with van der Waals surface area (Å²) in [5, 5.41) is 9.58. The molecule has 0 atom stereocenters. The number of aliphatic hydroxyl groups excluding tert-OH is 1. The third-order valence-electron chi connectivity index (χ3n) is 2.36. The van der Waals surface area contributed by atoms with Crippen LogP contribution in [-0.2, 0) is 12.0 Å². The first-order valence-electron chi connectivity index (χ1n) is 5.71. The lowest BCUT2D eigenvalue weighted by Crippen LogP contribution is -2.12. The number of hydrogen-bond acceptors (Lipinski definition) is 5. The molecule has 1 N–H and O–H groups in total. The van der Waals surface area contributed by atoms with Gasteiger partial charge >= 0.3 is 0 Å². The Balaban J connectivity index is 2.16. The van der Waals surface area contributed by atoms with Crippen LogP contribution in [0, 0.1) is 0 Å². The Morgan fingerprint density at radius 3 is 2.72 bits per heavy atom. The summed E-state index contributed by atoms with van der Waals surface area (Å²) in [6, 6.07) is 7.30. The van der Waals surface area contributed by atoms with E-state index in [1.54, 1.807) is 6.07 Å². The minimum absolute atomic E-state index is 0.000556. The SMILES string of the molecule is CC(C)(C)c1nsc(Oc2cccc(CO)c2)n1. The highest BCUT2D eigenvalue weighted by Gasteiger charge is 2.20. The fourth-order valence-corrected chi connectivity index (χ4v) is 2.10. The maximum Gasteiger partial charge on any atom is 0.298 e. The lowest BCUT2D eigenvalue weighted by molar-refractivity contribution is 0.281. The van der Waals surface area contributed by atoms with E-state index in [0.717, 1.165) is 11.4 Å². The van der Waals surface area contributed by atoms with Crippen molar-refractivity contribution in [2.45, 2.75) is 32.8 Å². The van der Waals surface area contributed by atoms with Crippen LogP contribution in [0.2, 0.25) is 0 Å². The molecular weight excluding hydrogens is 248 g/mol. The zero-order chi connectivity index (χ0) is 13.2. The van der Waals surface area contributed by atoms with Gasteiger partial charge in [0.15, 0.2) is 5.82 Å². The highest BCUT2D eigenvalue weighted by Crippen LogP contribution is 2.28. The minimum atomic E-state index is -0.0783. The fourth-order valence-electron chi connectivity index (χ4n) is 1.36. The van der Waals surface area contributed by atoms with Gasteiger partial charge in [-0.05, 0) is 17.7 Å². The average molecular weight is 264 g/mol. The van der Waals surface area contributed by atoms with Crippen LogP contribution < -0.4 is 4.74 Å². The monoisotopic (exact) mass is 264 g/mol. The molecule has 0 unspecified atom stereocenters. The van der Waals surface area contributed by atoms with Gasteiger partial charge in [-0.25, -0.2) is 0 Å². The number of nitrogens with zero attached hydrogens (tertiary/aromatic N) is 2. The van der Waals surface area contributed by atoms with Gasteiger partial charge in [-0.2, -0.15) is 9.36 Å². The summed E-state index contributed by atoms with van der Waals surface area (Å²) in [6.45, 7) is 6.18. The van der Waals surface area contributed by atoms with Gasteiger partial charge in [-0.3, -0.25) is 0 Å². The summed E-state index contributed by atoms with van der Waals surface area (Å²) in [5.41, 5.74) is 0.735. The van der Waals surface area contributed by atoms with E-state index in [9.17, 15) is 0 Å². The van der Waals surface area contributed by atoms with E-state index in [1.807, 2.05) is 18.2 Å². The molecule has 0 fully saturated rings. The molecule has 5 heteroatoms. The van der Waals surface area contributed by atoms with Crippen LogP contribution in [0.1, 0.15) is 32.2 Å². The smallest absolute Gasteiger partial charge is 0.298 e. The van der Waals surface area contributed by atoms with Crippen LogP contribution in [0.3, 0.4) is 0 Å². The van der Waals surface area contributed by atoms with Gasteiger partial charge in [0.1, 0.15) is 5.75 Å². The van der Waals surface area contributed by atoms with Gasteiger partial charge in [-0.15, -0.1) is 0 Å². The molecule has 0 spiro atoms. The standard InChI is InChI=1S/C13H16N2O2S/c1-13(2,3)11-14-12(18-15-11)17-10-6-4-5-9(7-10)8-16/h4-7,16H,8H2,1-3H3. The molecule has 2 aromatic rings. The molecule has 0 aliphatic rings. The summed E-state index contributed by atoms with van der Waals surface area (Å²) < 4.78 is 9.91. The van der Waals surface area contributed by atoms with Crippen LogP contribution in [0.15, 0.2) is 24.3 Å². The number of rotatable bonds is 3. The molecule has 0 bridgehead atoms. The van der Waals surface area contributed by atoms with Crippen molar-refractivity contribution >= 4 is 11.5 Å². The largest absolute Gasteiger partial charge is 0.430 e. The van der Waals surface area contributed by atoms with Crippen LogP contribution in [0.4, 0.5) is 0 Å². The molecule has 4 nitrogen and oxygen atoms in total. The van der Waals surface area contributed by atoms with Gasteiger partial charge in [0.05, 0.1) is 6.61 Å². The van der Waals surface area contributed by atoms with Gasteiger partial charge in [0.2, 0.25) is 0 Å². The minimum Gasteiger partial charge on any atom is -0.430 e. The second-order valence-electron chi connectivity index (χ2n) is 5.04. The van der Waals surface area contributed by atoms with E-state index < -0.39 is 0 Å². The number of hydrogen-bond donors (Lipinski definition) is 1. The molecular formula is C13H16N2O2S. The maximum absolute atomic E-state index is 9.06. The van der Waals surface area contributed by atoms with E-state index in [0.29, 0.717) is 10.9 Å². The third-order valence-corrected chi connectivity index (χ3v) is 2.96. The van der Waals surface area contributed by atoms with Crippen molar-refractivity contribution in [3.8, 4) is 10.9 Å². The first-order chi connectivity index (χ1) is 8.49. The van der Waals surface area contributed by atoms with Gasteiger partial charge in [-0.1, -0.05) is 32.9 Å². The highest BCUT2D eigenvalue weighted by atomic mass is 32.1. The molecule has 18 heavy (non-hydrogen) atoms. The van der Waals surface area contributed by atoms with E-state index >= 15 is 0 Å². The normalized spacial score (nSPS) is 11.6.